The summed E-state index contributed by atoms with van der Waals surface area (Å²) in [6.07, 6.45) is 7.23. The Morgan fingerprint density at radius 2 is 1.50 bits per heavy atom. The first kappa shape index (κ1) is 11.6. The first-order valence-corrected chi connectivity index (χ1v) is 5.05. The lowest BCUT2D eigenvalue weighted by Gasteiger charge is -1.99. The molecule has 0 rings (SSSR count). The molecule has 0 bridgehead atoms. The van der Waals surface area contributed by atoms with Crippen LogP contribution in [-0.2, 0) is 13.6 Å². The first-order valence-electron chi connectivity index (χ1n) is 3.83. The molecule has 0 aromatic rings. The molecule has 0 spiro atoms. The van der Waals surface area contributed by atoms with Gasteiger partial charge in [0.05, 0.1) is 13.2 Å². The van der Waals surface area contributed by atoms with E-state index in [1.165, 1.54) is 0 Å². The van der Waals surface area contributed by atoms with E-state index < -0.39 is 8.25 Å². The first-order chi connectivity index (χ1) is 5.81. The van der Waals surface area contributed by atoms with E-state index in [2.05, 4.69) is 0 Å². The van der Waals surface area contributed by atoms with E-state index >= 15 is 0 Å². The smallest absolute Gasteiger partial charge is 0.306 e. The zero-order valence-corrected chi connectivity index (χ0v) is 8.45. The van der Waals surface area contributed by atoms with E-state index in [1.807, 2.05) is 26.0 Å². The van der Waals surface area contributed by atoms with Gasteiger partial charge in [-0.1, -0.05) is 24.3 Å². The number of hydrogen-bond acceptors (Lipinski definition) is 3. The summed E-state index contributed by atoms with van der Waals surface area (Å²) >= 11 is 0. The van der Waals surface area contributed by atoms with Gasteiger partial charge in [-0.2, -0.15) is 0 Å². The summed E-state index contributed by atoms with van der Waals surface area (Å²) in [5.74, 6) is 0. The highest BCUT2D eigenvalue weighted by Crippen LogP contribution is 2.22. The third-order valence-electron chi connectivity index (χ3n) is 1.07. The maximum atomic E-state index is 10.9. The molecule has 0 aliphatic heterocycles. The van der Waals surface area contributed by atoms with Crippen molar-refractivity contribution in [3.63, 3.8) is 0 Å². The zero-order valence-electron chi connectivity index (χ0n) is 7.45. The van der Waals surface area contributed by atoms with Gasteiger partial charge >= 0.3 is 8.25 Å². The average molecular weight is 190 g/mol. The largest absolute Gasteiger partial charge is 0.319 e. The average Bonchev–Trinajstić information content (AvgIpc) is 2.06. The van der Waals surface area contributed by atoms with Crippen molar-refractivity contribution >= 4 is 8.25 Å². The van der Waals surface area contributed by atoms with Crippen LogP contribution in [0.5, 0.6) is 0 Å². The molecule has 0 N–H and O–H groups in total. The SMILES string of the molecule is CC=CCO[PH](=O)OCC=CC. The molecule has 4 heteroatoms. The molecule has 0 aromatic heterocycles. The molecule has 0 atom stereocenters. The third kappa shape index (κ3) is 7.73. The van der Waals surface area contributed by atoms with Crippen molar-refractivity contribution in [3.05, 3.63) is 24.3 Å². The van der Waals surface area contributed by atoms with Crippen molar-refractivity contribution in [2.75, 3.05) is 13.2 Å². The maximum Gasteiger partial charge on any atom is 0.319 e. The molecule has 3 nitrogen and oxygen atoms in total. The highest BCUT2D eigenvalue weighted by Gasteiger charge is 1.94. The Balaban J connectivity index is 3.33. The summed E-state index contributed by atoms with van der Waals surface area (Å²) in [4.78, 5) is 0. The van der Waals surface area contributed by atoms with Crippen molar-refractivity contribution in [1.82, 2.24) is 0 Å². The van der Waals surface area contributed by atoms with Crippen LogP contribution in [0.3, 0.4) is 0 Å². The lowest BCUT2D eigenvalue weighted by Crippen LogP contribution is -1.85. The quantitative estimate of drug-likeness (QED) is 0.477. The second-order valence-electron chi connectivity index (χ2n) is 2.01. The minimum atomic E-state index is -2.29. The fourth-order valence-electron chi connectivity index (χ4n) is 0.466. The Morgan fingerprint density at radius 3 is 1.83 bits per heavy atom. The van der Waals surface area contributed by atoms with Gasteiger partial charge in [0.25, 0.3) is 0 Å². The van der Waals surface area contributed by atoms with E-state index in [-0.39, 0.29) is 0 Å². The molecule has 0 heterocycles. The van der Waals surface area contributed by atoms with Gasteiger partial charge in [0.2, 0.25) is 0 Å². The summed E-state index contributed by atoms with van der Waals surface area (Å²) in [6, 6.07) is 0. The van der Waals surface area contributed by atoms with Gasteiger partial charge in [-0.25, -0.2) is 0 Å². The molecular formula is C8H15O3P. The third-order valence-corrected chi connectivity index (χ3v) is 1.87. The second kappa shape index (κ2) is 8.72. The van der Waals surface area contributed by atoms with Gasteiger partial charge in [0.15, 0.2) is 0 Å². The van der Waals surface area contributed by atoms with Crippen LogP contribution in [0.25, 0.3) is 0 Å². The molecule has 0 unspecified atom stereocenters. The Hall–Kier alpha value is -0.370. The van der Waals surface area contributed by atoms with E-state index in [0.717, 1.165) is 0 Å². The summed E-state index contributed by atoms with van der Waals surface area (Å²) in [7, 11) is -2.29. The summed E-state index contributed by atoms with van der Waals surface area (Å²) < 4.78 is 20.5. The van der Waals surface area contributed by atoms with Crippen LogP contribution in [0, 0.1) is 0 Å². The number of rotatable bonds is 6. The van der Waals surface area contributed by atoms with Gasteiger partial charge in [0, 0.05) is 0 Å². The van der Waals surface area contributed by atoms with Crippen LogP contribution in [0.4, 0.5) is 0 Å². The van der Waals surface area contributed by atoms with Crippen molar-refractivity contribution in [1.29, 1.82) is 0 Å². The molecule has 0 saturated carbocycles. The van der Waals surface area contributed by atoms with E-state index in [4.69, 9.17) is 9.05 Å². The van der Waals surface area contributed by atoms with Crippen LogP contribution < -0.4 is 0 Å². The van der Waals surface area contributed by atoms with Crippen molar-refractivity contribution in [2.24, 2.45) is 0 Å². The summed E-state index contributed by atoms with van der Waals surface area (Å²) in [5, 5.41) is 0. The normalized spacial score (nSPS) is 14.5. The summed E-state index contributed by atoms with van der Waals surface area (Å²) in [6.45, 7) is 4.46. The summed E-state index contributed by atoms with van der Waals surface area (Å²) in [5.41, 5.74) is 0. The lowest BCUT2D eigenvalue weighted by atomic mass is 10.6. The monoisotopic (exact) mass is 190 g/mol. The predicted molar refractivity (Wildman–Crippen MR) is 50.5 cm³/mol. The van der Waals surface area contributed by atoms with Gasteiger partial charge in [-0.3, -0.25) is 4.57 Å². The van der Waals surface area contributed by atoms with Crippen LogP contribution in [-0.4, -0.2) is 13.2 Å². The molecule has 0 aliphatic carbocycles. The Kier molecular flexibility index (Phi) is 8.46. The Morgan fingerprint density at radius 1 is 1.08 bits per heavy atom. The molecule has 0 saturated heterocycles. The van der Waals surface area contributed by atoms with Crippen molar-refractivity contribution in [3.8, 4) is 0 Å². The topological polar surface area (TPSA) is 35.5 Å². The Labute approximate surface area is 74.0 Å². The molecule has 0 aromatic carbocycles. The molecule has 12 heavy (non-hydrogen) atoms. The highest BCUT2D eigenvalue weighted by atomic mass is 31.1. The van der Waals surface area contributed by atoms with Crippen LogP contribution in [0.2, 0.25) is 0 Å². The molecule has 70 valence electrons. The van der Waals surface area contributed by atoms with E-state index in [1.54, 1.807) is 12.2 Å². The molecular weight excluding hydrogens is 175 g/mol. The molecule has 0 fully saturated rings. The van der Waals surface area contributed by atoms with Gasteiger partial charge in [0.1, 0.15) is 0 Å². The molecule has 0 aliphatic rings. The second-order valence-corrected chi connectivity index (χ2v) is 3.09. The van der Waals surface area contributed by atoms with Crippen molar-refractivity contribution in [2.45, 2.75) is 13.8 Å². The lowest BCUT2D eigenvalue weighted by molar-refractivity contribution is 0.261. The zero-order chi connectivity index (χ0) is 9.23. The van der Waals surface area contributed by atoms with Crippen LogP contribution in [0.1, 0.15) is 13.8 Å². The number of hydrogen-bond donors (Lipinski definition) is 0. The van der Waals surface area contributed by atoms with E-state index in [0.29, 0.717) is 13.2 Å². The van der Waals surface area contributed by atoms with Gasteiger partial charge in [-0.05, 0) is 13.8 Å². The van der Waals surface area contributed by atoms with Crippen molar-refractivity contribution < 1.29 is 13.6 Å². The minimum absolute atomic E-state index is 0.351. The minimum Gasteiger partial charge on any atom is -0.306 e. The fourth-order valence-corrected chi connectivity index (χ4v) is 1.01. The van der Waals surface area contributed by atoms with Gasteiger partial charge < -0.3 is 9.05 Å². The van der Waals surface area contributed by atoms with Crippen LogP contribution >= 0.6 is 8.25 Å². The standard InChI is InChI=1S/C8H15O3P/c1-3-5-7-10-12(9)11-8-6-4-2/h3-6,12H,7-8H2,1-2H3. The maximum absolute atomic E-state index is 10.9. The predicted octanol–water partition coefficient (Wildman–Crippen LogP) is 2.56. The number of allylic oxidation sites excluding steroid dienone is 2. The van der Waals surface area contributed by atoms with E-state index in [9.17, 15) is 4.57 Å². The Bertz CT molecular complexity index is 157. The molecule has 0 amide bonds. The van der Waals surface area contributed by atoms with Gasteiger partial charge in [-0.15, -0.1) is 0 Å². The highest BCUT2D eigenvalue weighted by molar-refractivity contribution is 7.33. The molecule has 0 radical (unpaired) electrons. The fraction of sp³-hybridized carbons (Fsp3) is 0.500. The van der Waals surface area contributed by atoms with Crippen LogP contribution in [0.15, 0.2) is 24.3 Å².